The topological polar surface area (TPSA) is 72.6 Å². The van der Waals surface area contributed by atoms with Crippen LogP contribution in [0.2, 0.25) is 0 Å². The van der Waals surface area contributed by atoms with Gasteiger partial charge in [-0.05, 0) is 31.6 Å². The summed E-state index contributed by atoms with van der Waals surface area (Å²) in [5.74, 6) is 0.618. The van der Waals surface area contributed by atoms with Crippen LogP contribution in [0.15, 0.2) is 12.2 Å². The van der Waals surface area contributed by atoms with Crippen molar-refractivity contribution in [3.05, 3.63) is 12.2 Å². The Balaban J connectivity index is 1.53. The Morgan fingerprint density at radius 3 is 2.42 bits per heavy atom. The van der Waals surface area contributed by atoms with E-state index in [1.54, 1.807) is 0 Å². The maximum atomic E-state index is 12.5. The van der Waals surface area contributed by atoms with Crippen LogP contribution in [0, 0.1) is 5.92 Å². The zero-order chi connectivity index (χ0) is 17.2. The maximum Gasteiger partial charge on any atom is 0.160 e. The Morgan fingerprint density at radius 2 is 1.88 bits per heavy atom. The minimum absolute atomic E-state index is 0.171. The van der Waals surface area contributed by atoms with Crippen molar-refractivity contribution < 1.29 is 13.2 Å². The predicted octanol–water partition coefficient (Wildman–Crippen LogP) is 1.73. The molecule has 2 fully saturated rings. The standard InChI is InChI=1S/C18H32N2O3S/c1-2-3-4-14-5-6-18(17(19)11-14)20-9-7-15(8-10-20)24(21,22)16-12-23-13-16/h5-6,14-18H,2-4,7-13,19H2,1H3. The van der Waals surface area contributed by atoms with E-state index in [4.69, 9.17) is 10.5 Å². The first kappa shape index (κ1) is 18.4. The average Bonchev–Trinajstić information content (AvgIpc) is 2.51. The normalized spacial score (nSPS) is 33.5. The fourth-order valence-corrected chi connectivity index (χ4v) is 6.22. The molecule has 1 aliphatic carbocycles. The van der Waals surface area contributed by atoms with Crippen molar-refractivity contribution in [1.29, 1.82) is 0 Å². The molecular weight excluding hydrogens is 324 g/mol. The second kappa shape index (κ2) is 7.85. The Morgan fingerprint density at radius 1 is 1.17 bits per heavy atom. The minimum atomic E-state index is -3.01. The molecular formula is C18H32N2O3S. The van der Waals surface area contributed by atoms with Gasteiger partial charge in [-0.2, -0.15) is 0 Å². The van der Waals surface area contributed by atoms with Crippen LogP contribution in [-0.4, -0.2) is 62.2 Å². The molecule has 2 saturated heterocycles. The number of rotatable bonds is 6. The van der Waals surface area contributed by atoms with E-state index in [1.807, 2.05) is 0 Å². The third-order valence-corrected chi connectivity index (χ3v) is 8.56. The van der Waals surface area contributed by atoms with Gasteiger partial charge in [-0.25, -0.2) is 8.42 Å². The first-order valence-electron chi connectivity index (χ1n) is 9.50. The SMILES string of the molecule is CCCCC1C=CC(N2CCC(S(=O)(=O)C3COC3)CC2)C(N)C1. The highest BCUT2D eigenvalue weighted by Gasteiger charge is 2.41. The van der Waals surface area contributed by atoms with E-state index < -0.39 is 9.84 Å². The van der Waals surface area contributed by atoms with Crippen LogP contribution in [0.5, 0.6) is 0 Å². The molecule has 2 N–H and O–H groups in total. The average molecular weight is 357 g/mol. The van der Waals surface area contributed by atoms with Gasteiger partial charge in [-0.15, -0.1) is 0 Å². The number of ether oxygens (including phenoxy) is 1. The summed E-state index contributed by atoms with van der Waals surface area (Å²) in [4.78, 5) is 2.39. The Labute approximate surface area is 146 Å². The molecule has 3 atom stereocenters. The van der Waals surface area contributed by atoms with Crippen molar-refractivity contribution in [3.63, 3.8) is 0 Å². The van der Waals surface area contributed by atoms with Crippen LogP contribution in [0.25, 0.3) is 0 Å². The third-order valence-electron chi connectivity index (χ3n) is 5.96. The fraction of sp³-hybridized carbons (Fsp3) is 0.889. The largest absolute Gasteiger partial charge is 0.379 e. The molecule has 0 saturated carbocycles. The van der Waals surface area contributed by atoms with E-state index >= 15 is 0 Å². The van der Waals surface area contributed by atoms with E-state index in [0.29, 0.717) is 19.1 Å². The highest BCUT2D eigenvalue weighted by Crippen LogP contribution is 2.29. The molecule has 3 rings (SSSR count). The second-order valence-corrected chi connectivity index (χ2v) is 10.2. The lowest BCUT2D eigenvalue weighted by Crippen LogP contribution is -2.54. The van der Waals surface area contributed by atoms with Gasteiger partial charge in [-0.1, -0.05) is 31.9 Å². The number of hydrogen-bond acceptors (Lipinski definition) is 5. The molecule has 3 unspecified atom stereocenters. The Kier molecular flexibility index (Phi) is 6.01. The number of likely N-dealkylation sites (tertiary alicyclic amines) is 1. The fourth-order valence-electron chi connectivity index (χ4n) is 4.23. The molecule has 0 amide bonds. The Hall–Kier alpha value is -0.430. The van der Waals surface area contributed by atoms with Crippen LogP contribution in [-0.2, 0) is 14.6 Å². The summed E-state index contributed by atoms with van der Waals surface area (Å²) in [6, 6.07) is 0.448. The van der Waals surface area contributed by atoms with Crippen molar-refractivity contribution in [3.8, 4) is 0 Å². The van der Waals surface area contributed by atoms with Crippen molar-refractivity contribution in [2.45, 2.75) is 68.0 Å². The number of sulfone groups is 1. The number of allylic oxidation sites excluding steroid dienone is 1. The van der Waals surface area contributed by atoms with Gasteiger partial charge < -0.3 is 10.5 Å². The number of nitrogens with two attached hydrogens (primary N) is 1. The number of hydrogen-bond donors (Lipinski definition) is 1. The molecule has 0 aromatic rings. The van der Waals surface area contributed by atoms with Gasteiger partial charge in [0.25, 0.3) is 0 Å². The second-order valence-electron chi connectivity index (χ2n) is 7.66. The molecule has 2 aliphatic heterocycles. The molecule has 0 radical (unpaired) electrons. The molecule has 2 heterocycles. The zero-order valence-electron chi connectivity index (χ0n) is 14.8. The molecule has 138 valence electrons. The first-order chi connectivity index (χ1) is 11.5. The van der Waals surface area contributed by atoms with E-state index in [2.05, 4.69) is 24.0 Å². The quantitative estimate of drug-likeness (QED) is 0.734. The molecule has 6 heteroatoms. The summed E-state index contributed by atoms with van der Waals surface area (Å²) in [7, 11) is -3.01. The molecule has 5 nitrogen and oxygen atoms in total. The molecule has 24 heavy (non-hydrogen) atoms. The van der Waals surface area contributed by atoms with Gasteiger partial charge in [0.2, 0.25) is 0 Å². The Bertz CT molecular complexity index is 536. The number of piperidine rings is 1. The van der Waals surface area contributed by atoms with Crippen molar-refractivity contribution in [1.82, 2.24) is 4.90 Å². The molecule has 0 aromatic heterocycles. The highest BCUT2D eigenvalue weighted by molar-refractivity contribution is 7.92. The highest BCUT2D eigenvalue weighted by atomic mass is 32.2. The van der Waals surface area contributed by atoms with Gasteiger partial charge in [0, 0.05) is 25.2 Å². The van der Waals surface area contributed by atoms with Crippen LogP contribution in [0.4, 0.5) is 0 Å². The maximum absolute atomic E-state index is 12.5. The molecule has 0 spiro atoms. The predicted molar refractivity (Wildman–Crippen MR) is 96.7 cm³/mol. The van der Waals surface area contributed by atoms with E-state index in [1.165, 1.54) is 19.3 Å². The van der Waals surface area contributed by atoms with Crippen molar-refractivity contribution in [2.24, 2.45) is 11.7 Å². The number of unbranched alkanes of at least 4 members (excludes halogenated alkanes) is 1. The van der Waals surface area contributed by atoms with Crippen molar-refractivity contribution in [2.75, 3.05) is 26.3 Å². The lowest BCUT2D eigenvalue weighted by atomic mass is 9.85. The van der Waals surface area contributed by atoms with E-state index in [-0.39, 0.29) is 22.6 Å². The summed E-state index contributed by atoms with van der Waals surface area (Å²) in [5, 5.41) is -0.450. The summed E-state index contributed by atoms with van der Waals surface area (Å²) in [5.41, 5.74) is 6.44. The summed E-state index contributed by atoms with van der Waals surface area (Å²) in [6.07, 6.45) is 10.9. The van der Waals surface area contributed by atoms with Crippen LogP contribution in [0.1, 0.15) is 45.4 Å². The van der Waals surface area contributed by atoms with Crippen LogP contribution in [0.3, 0.4) is 0 Å². The van der Waals surface area contributed by atoms with Crippen molar-refractivity contribution >= 4 is 9.84 Å². The van der Waals surface area contributed by atoms with Gasteiger partial charge in [0.05, 0.1) is 18.5 Å². The monoisotopic (exact) mass is 356 g/mol. The molecule has 0 aromatic carbocycles. The first-order valence-corrected chi connectivity index (χ1v) is 11.1. The summed E-state index contributed by atoms with van der Waals surface area (Å²) >= 11 is 0. The number of nitrogens with zero attached hydrogens (tertiary/aromatic N) is 1. The van der Waals surface area contributed by atoms with Crippen LogP contribution < -0.4 is 5.73 Å². The lowest BCUT2D eigenvalue weighted by Gasteiger charge is -2.42. The zero-order valence-corrected chi connectivity index (χ0v) is 15.6. The summed E-state index contributed by atoms with van der Waals surface area (Å²) < 4.78 is 30.1. The van der Waals surface area contributed by atoms with Gasteiger partial charge in [0.1, 0.15) is 5.25 Å². The minimum Gasteiger partial charge on any atom is -0.379 e. The van der Waals surface area contributed by atoms with E-state index in [9.17, 15) is 8.42 Å². The molecule has 0 bridgehead atoms. The van der Waals surface area contributed by atoms with Gasteiger partial charge in [-0.3, -0.25) is 4.90 Å². The van der Waals surface area contributed by atoms with Gasteiger partial charge >= 0.3 is 0 Å². The molecule has 3 aliphatic rings. The van der Waals surface area contributed by atoms with Crippen LogP contribution >= 0.6 is 0 Å². The lowest BCUT2D eigenvalue weighted by molar-refractivity contribution is 0.0407. The van der Waals surface area contributed by atoms with Gasteiger partial charge in [0.15, 0.2) is 9.84 Å². The third kappa shape index (κ3) is 3.87. The smallest absolute Gasteiger partial charge is 0.160 e. The summed E-state index contributed by atoms with van der Waals surface area (Å²) in [6.45, 7) is 4.67. The van der Waals surface area contributed by atoms with E-state index in [0.717, 1.165) is 32.4 Å².